The van der Waals surface area contributed by atoms with Gasteiger partial charge in [0, 0.05) is 19.8 Å². The highest BCUT2D eigenvalue weighted by atomic mass is 35.5. The van der Waals surface area contributed by atoms with Crippen molar-refractivity contribution in [1.29, 1.82) is 0 Å². The molecule has 1 aromatic carbocycles. The van der Waals surface area contributed by atoms with Crippen molar-refractivity contribution >= 4 is 29.1 Å². The van der Waals surface area contributed by atoms with Gasteiger partial charge >= 0.3 is 0 Å². The van der Waals surface area contributed by atoms with Crippen molar-refractivity contribution < 1.29 is 19.1 Å². The van der Waals surface area contributed by atoms with E-state index in [-0.39, 0.29) is 24.0 Å². The molecule has 1 aliphatic carbocycles. The highest BCUT2D eigenvalue weighted by Crippen LogP contribution is 2.45. The van der Waals surface area contributed by atoms with Crippen LogP contribution in [0.3, 0.4) is 0 Å². The summed E-state index contributed by atoms with van der Waals surface area (Å²) in [7, 11) is 3.31. The SMILES string of the molecule is CN(C)C(=O)COc1ccc(NC(=O)C2CCC3(CCC3)O2)cc1Cl. The number of hydrogen-bond donors (Lipinski definition) is 1. The second-order valence-corrected chi connectivity index (χ2v) is 7.30. The van der Waals surface area contributed by atoms with Crippen LogP contribution in [0.15, 0.2) is 18.2 Å². The van der Waals surface area contributed by atoms with E-state index in [9.17, 15) is 9.59 Å². The molecule has 7 heteroatoms. The molecule has 0 bridgehead atoms. The summed E-state index contributed by atoms with van der Waals surface area (Å²) in [5.74, 6) is 0.105. The number of carbonyl (C=O) groups excluding carboxylic acids is 2. The number of anilines is 1. The first-order chi connectivity index (χ1) is 11.9. The molecule has 136 valence electrons. The molecule has 2 amide bonds. The summed E-state index contributed by atoms with van der Waals surface area (Å²) < 4.78 is 11.4. The van der Waals surface area contributed by atoms with Crippen LogP contribution >= 0.6 is 11.6 Å². The topological polar surface area (TPSA) is 67.9 Å². The minimum absolute atomic E-state index is 0.0453. The van der Waals surface area contributed by atoms with Crippen molar-refractivity contribution in [3.05, 3.63) is 23.2 Å². The van der Waals surface area contributed by atoms with E-state index in [1.54, 1.807) is 32.3 Å². The lowest BCUT2D eigenvalue weighted by Gasteiger charge is -2.37. The summed E-state index contributed by atoms with van der Waals surface area (Å²) in [6.45, 7) is -0.0869. The molecule has 0 radical (unpaired) electrons. The zero-order valence-electron chi connectivity index (χ0n) is 14.5. The van der Waals surface area contributed by atoms with Crippen molar-refractivity contribution in [3.8, 4) is 5.75 Å². The third kappa shape index (κ3) is 4.07. The Morgan fingerprint density at radius 3 is 2.68 bits per heavy atom. The largest absolute Gasteiger partial charge is 0.482 e. The Labute approximate surface area is 152 Å². The molecule has 1 atom stereocenters. The molecule has 6 nitrogen and oxygen atoms in total. The molecule has 2 fully saturated rings. The number of halogens is 1. The van der Waals surface area contributed by atoms with E-state index in [1.807, 2.05) is 0 Å². The second-order valence-electron chi connectivity index (χ2n) is 6.89. The Balaban J connectivity index is 1.55. The van der Waals surface area contributed by atoms with Crippen LogP contribution in [0.25, 0.3) is 0 Å². The Morgan fingerprint density at radius 2 is 2.12 bits per heavy atom. The Morgan fingerprint density at radius 1 is 1.36 bits per heavy atom. The minimum atomic E-state index is -0.396. The number of nitrogens with zero attached hydrogens (tertiary/aromatic N) is 1. The van der Waals surface area contributed by atoms with Crippen molar-refractivity contribution in [2.45, 2.75) is 43.8 Å². The molecule has 0 aromatic heterocycles. The first-order valence-electron chi connectivity index (χ1n) is 8.50. The zero-order valence-corrected chi connectivity index (χ0v) is 15.3. The fourth-order valence-electron chi connectivity index (χ4n) is 3.12. The summed E-state index contributed by atoms with van der Waals surface area (Å²) in [5.41, 5.74) is 0.538. The van der Waals surface area contributed by atoms with Crippen LogP contribution in [0.4, 0.5) is 5.69 Å². The summed E-state index contributed by atoms with van der Waals surface area (Å²) >= 11 is 6.18. The average molecular weight is 367 g/mol. The van der Waals surface area contributed by atoms with Gasteiger partial charge < -0.3 is 19.7 Å². The third-order valence-corrected chi connectivity index (χ3v) is 5.16. The van der Waals surface area contributed by atoms with Crippen LogP contribution in [0.1, 0.15) is 32.1 Å². The summed E-state index contributed by atoms with van der Waals surface area (Å²) in [6.07, 6.45) is 4.61. The first-order valence-corrected chi connectivity index (χ1v) is 8.88. The molecule has 1 unspecified atom stereocenters. The van der Waals surface area contributed by atoms with E-state index in [1.165, 1.54) is 11.3 Å². The lowest BCUT2D eigenvalue weighted by Crippen LogP contribution is -2.39. The van der Waals surface area contributed by atoms with Crippen LogP contribution in [0, 0.1) is 0 Å². The van der Waals surface area contributed by atoms with E-state index in [0.29, 0.717) is 16.5 Å². The van der Waals surface area contributed by atoms with Gasteiger partial charge in [-0.3, -0.25) is 9.59 Å². The molecule has 1 saturated carbocycles. The van der Waals surface area contributed by atoms with Gasteiger partial charge in [0.1, 0.15) is 11.9 Å². The predicted molar refractivity (Wildman–Crippen MR) is 95.0 cm³/mol. The third-order valence-electron chi connectivity index (χ3n) is 4.86. The van der Waals surface area contributed by atoms with Crippen LogP contribution in [0.5, 0.6) is 5.75 Å². The van der Waals surface area contributed by atoms with Gasteiger partial charge in [0.25, 0.3) is 11.8 Å². The van der Waals surface area contributed by atoms with E-state index < -0.39 is 6.10 Å². The van der Waals surface area contributed by atoms with Gasteiger partial charge in [-0.25, -0.2) is 0 Å². The number of benzene rings is 1. The van der Waals surface area contributed by atoms with Gasteiger partial charge in [-0.2, -0.15) is 0 Å². The maximum Gasteiger partial charge on any atom is 0.259 e. The number of rotatable bonds is 5. The molecule has 2 aliphatic rings. The van der Waals surface area contributed by atoms with Gasteiger partial charge in [-0.1, -0.05) is 11.6 Å². The number of hydrogen-bond acceptors (Lipinski definition) is 4. The van der Waals surface area contributed by atoms with Crippen LogP contribution in [0.2, 0.25) is 5.02 Å². The molecule has 1 saturated heterocycles. The normalized spacial score (nSPS) is 20.8. The molecule has 1 spiro atoms. The summed E-state index contributed by atoms with van der Waals surface area (Å²) in [6, 6.07) is 4.96. The van der Waals surface area contributed by atoms with Gasteiger partial charge in [-0.05, 0) is 50.3 Å². The molecular formula is C18H23ClN2O4. The monoisotopic (exact) mass is 366 g/mol. The fourth-order valence-corrected chi connectivity index (χ4v) is 3.36. The molecule has 1 N–H and O–H groups in total. The van der Waals surface area contributed by atoms with Crippen molar-refractivity contribution in [3.63, 3.8) is 0 Å². The Hall–Kier alpha value is -1.79. The van der Waals surface area contributed by atoms with Crippen molar-refractivity contribution in [2.24, 2.45) is 0 Å². The van der Waals surface area contributed by atoms with E-state index in [4.69, 9.17) is 21.1 Å². The number of ether oxygens (including phenoxy) is 2. The average Bonchev–Trinajstić information content (AvgIpc) is 2.99. The smallest absolute Gasteiger partial charge is 0.259 e. The lowest BCUT2D eigenvalue weighted by molar-refractivity contribution is -0.138. The Kier molecular flexibility index (Phi) is 5.20. The van der Waals surface area contributed by atoms with Gasteiger partial charge in [-0.15, -0.1) is 0 Å². The predicted octanol–water partition coefficient (Wildman–Crippen LogP) is 2.85. The maximum absolute atomic E-state index is 12.4. The van der Waals surface area contributed by atoms with Crippen molar-refractivity contribution in [1.82, 2.24) is 4.90 Å². The van der Waals surface area contributed by atoms with Gasteiger partial charge in [0.05, 0.1) is 10.6 Å². The zero-order chi connectivity index (χ0) is 18.0. The van der Waals surface area contributed by atoms with E-state index >= 15 is 0 Å². The summed E-state index contributed by atoms with van der Waals surface area (Å²) in [5, 5.41) is 3.18. The second kappa shape index (κ2) is 7.22. The fraction of sp³-hybridized carbons (Fsp3) is 0.556. The van der Waals surface area contributed by atoms with Crippen LogP contribution < -0.4 is 10.1 Å². The van der Waals surface area contributed by atoms with Gasteiger partial charge in [0.2, 0.25) is 0 Å². The maximum atomic E-state index is 12.4. The molecular weight excluding hydrogens is 344 g/mol. The number of carbonyl (C=O) groups is 2. The van der Waals surface area contributed by atoms with Crippen molar-refractivity contribution in [2.75, 3.05) is 26.0 Å². The van der Waals surface area contributed by atoms with Gasteiger partial charge in [0.15, 0.2) is 6.61 Å². The highest BCUT2D eigenvalue weighted by molar-refractivity contribution is 6.32. The molecule has 3 rings (SSSR count). The van der Waals surface area contributed by atoms with Crippen LogP contribution in [-0.4, -0.2) is 49.1 Å². The number of nitrogens with one attached hydrogen (secondary N) is 1. The highest BCUT2D eigenvalue weighted by Gasteiger charge is 2.46. The minimum Gasteiger partial charge on any atom is -0.482 e. The number of amides is 2. The molecule has 1 aromatic rings. The molecule has 1 aliphatic heterocycles. The summed E-state index contributed by atoms with van der Waals surface area (Å²) in [4.78, 5) is 25.4. The van der Waals surface area contributed by atoms with Crippen LogP contribution in [-0.2, 0) is 14.3 Å². The van der Waals surface area contributed by atoms with E-state index in [2.05, 4.69) is 5.32 Å². The first kappa shape index (κ1) is 18.0. The number of likely N-dealkylation sites (N-methyl/N-ethyl adjacent to an activating group) is 1. The quantitative estimate of drug-likeness (QED) is 0.870. The lowest BCUT2D eigenvalue weighted by atomic mass is 9.78. The van der Waals surface area contributed by atoms with E-state index in [0.717, 1.165) is 25.7 Å². The Bertz CT molecular complexity index is 673. The standard InChI is InChI=1S/C18H23ClN2O4/c1-21(2)16(22)11-24-14-5-4-12(10-13(14)19)20-17(23)15-6-9-18(25-15)7-3-8-18/h4-5,10,15H,3,6-9,11H2,1-2H3,(H,20,23). The molecule has 25 heavy (non-hydrogen) atoms. The molecule has 1 heterocycles.